The van der Waals surface area contributed by atoms with Gasteiger partial charge < -0.3 is 15.2 Å². The van der Waals surface area contributed by atoms with E-state index in [1.165, 1.54) is 0 Å². The summed E-state index contributed by atoms with van der Waals surface area (Å²) in [5, 5.41) is 13.1. The summed E-state index contributed by atoms with van der Waals surface area (Å²) in [6.07, 6.45) is 4.58. The van der Waals surface area contributed by atoms with Gasteiger partial charge in [0.05, 0.1) is 12.7 Å². The third-order valence-electron chi connectivity index (χ3n) is 3.02. The SMILES string of the molecule is CSC(CO)C(C)NC1CCOC(C)C1. The van der Waals surface area contributed by atoms with Crippen molar-refractivity contribution in [2.75, 3.05) is 19.5 Å². The first kappa shape index (κ1) is 13.3. The second-order valence-corrected chi connectivity index (χ2v) is 5.39. The molecule has 0 aromatic heterocycles. The summed E-state index contributed by atoms with van der Waals surface area (Å²) >= 11 is 1.72. The summed E-state index contributed by atoms with van der Waals surface area (Å²) in [6.45, 7) is 5.37. The first-order valence-corrected chi connectivity index (χ1v) is 6.97. The van der Waals surface area contributed by atoms with E-state index >= 15 is 0 Å². The molecule has 1 heterocycles. The van der Waals surface area contributed by atoms with Crippen LogP contribution in [-0.2, 0) is 4.74 Å². The van der Waals surface area contributed by atoms with Crippen LogP contribution in [0, 0.1) is 0 Å². The minimum Gasteiger partial charge on any atom is -0.395 e. The smallest absolute Gasteiger partial charge is 0.0564 e. The van der Waals surface area contributed by atoms with Gasteiger partial charge >= 0.3 is 0 Å². The van der Waals surface area contributed by atoms with Crippen molar-refractivity contribution in [3.63, 3.8) is 0 Å². The third kappa shape index (κ3) is 4.31. The number of hydrogen-bond donors (Lipinski definition) is 2. The van der Waals surface area contributed by atoms with Gasteiger partial charge in [0.25, 0.3) is 0 Å². The minimum absolute atomic E-state index is 0.244. The zero-order valence-electron chi connectivity index (χ0n) is 9.90. The number of hydrogen-bond acceptors (Lipinski definition) is 4. The van der Waals surface area contributed by atoms with E-state index in [1.807, 2.05) is 6.26 Å². The van der Waals surface area contributed by atoms with E-state index < -0.39 is 0 Å². The number of nitrogens with one attached hydrogen (secondary N) is 1. The maximum Gasteiger partial charge on any atom is 0.0564 e. The standard InChI is InChI=1S/C11H23NO2S/c1-8-6-10(4-5-14-8)12-9(2)11(7-13)15-3/h8-13H,4-7H2,1-3H3. The fraction of sp³-hybridized carbons (Fsp3) is 1.00. The van der Waals surface area contributed by atoms with Gasteiger partial charge in [0.15, 0.2) is 0 Å². The molecular weight excluding hydrogens is 210 g/mol. The van der Waals surface area contributed by atoms with Crippen molar-refractivity contribution in [2.24, 2.45) is 0 Å². The molecule has 0 spiro atoms. The first-order valence-electron chi connectivity index (χ1n) is 5.68. The lowest BCUT2D eigenvalue weighted by atomic mass is 10.0. The van der Waals surface area contributed by atoms with E-state index in [1.54, 1.807) is 11.8 Å². The topological polar surface area (TPSA) is 41.5 Å². The molecule has 0 aromatic carbocycles. The molecule has 0 radical (unpaired) electrons. The summed E-state index contributed by atoms with van der Waals surface area (Å²) in [5.41, 5.74) is 0. The molecule has 4 unspecified atom stereocenters. The molecule has 90 valence electrons. The van der Waals surface area contributed by atoms with Crippen LogP contribution in [0.1, 0.15) is 26.7 Å². The molecule has 3 nitrogen and oxygen atoms in total. The summed E-state index contributed by atoms with van der Waals surface area (Å²) in [4.78, 5) is 0. The molecule has 0 saturated carbocycles. The number of rotatable bonds is 5. The van der Waals surface area contributed by atoms with E-state index in [0.29, 0.717) is 23.4 Å². The van der Waals surface area contributed by atoms with Crippen LogP contribution in [0.4, 0.5) is 0 Å². The highest BCUT2D eigenvalue weighted by Gasteiger charge is 2.23. The molecule has 1 aliphatic heterocycles. The minimum atomic E-state index is 0.244. The Kier molecular flexibility index (Phi) is 5.97. The van der Waals surface area contributed by atoms with Crippen LogP contribution in [0.25, 0.3) is 0 Å². The Balaban J connectivity index is 2.32. The molecule has 0 bridgehead atoms. The van der Waals surface area contributed by atoms with Crippen LogP contribution in [0.2, 0.25) is 0 Å². The van der Waals surface area contributed by atoms with Gasteiger partial charge in [-0.1, -0.05) is 0 Å². The average Bonchev–Trinajstić information content (AvgIpc) is 2.19. The highest BCUT2D eigenvalue weighted by molar-refractivity contribution is 7.99. The maximum atomic E-state index is 9.19. The number of ether oxygens (including phenoxy) is 1. The Morgan fingerprint density at radius 1 is 1.60 bits per heavy atom. The Hall–Kier alpha value is 0.230. The summed E-state index contributed by atoms with van der Waals surface area (Å²) in [7, 11) is 0. The monoisotopic (exact) mass is 233 g/mol. The zero-order valence-corrected chi connectivity index (χ0v) is 10.7. The van der Waals surface area contributed by atoms with Gasteiger partial charge in [-0.2, -0.15) is 11.8 Å². The summed E-state index contributed by atoms with van der Waals surface area (Å²) in [6, 6.07) is 0.908. The lowest BCUT2D eigenvalue weighted by Gasteiger charge is -2.32. The predicted octanol–water partition coefficient (Wildman–Crippen LogP) is 1.26. The molecule has 0 aromatic rings. The lowest BCUT2D eigenvalue weighted by Crippen LogP contribution is -2.47. The molecule has 1 aliphatic rings. The number of aliphatic hydroxyl groups is 1. The Labute approximate surface area is 97.0 Å². The Morgan fingerprint density at radius 3 is 2.87 bits per heavy atom. The van der Waals surface area contributed by atoms with Gasteiger partial charge in [-0.25, -0.2) is 0 Å². The number of aliphatic hydroxyl groups excluding tert-OH is 1. The first-order chi connectivity index (χ1) is 7.17. The summed E-state index contributed by atoms with van der Waals surface area (Å²) < 4.78 is 5.51. The van der Waals surface area contributed by atoms with E-state index in [2.05, 4.69) is 19.2 Å². The van der Waals surface area contributed by atoms with Crippen molar-refractivity contribution >= 4 is 11.8 Å². The quantitative estimate of drug-likeness (QED) is 0.750. The van der Waals surface area contributed by atoms with E-state index in [9.17, 15) is 5.11 Å². The van der Waals surface area contributed by atoms with Crippen LogP contribution < -0.4 is 5.32 Å². The molecule has 1 rings (SSSR count). The molecule has 4 atom stereocenters. The maximum absolute atomic E-state index is 9.19. The second kappa shape index (κ2) is 6.74. The van der Waals surface area contributed by atoms with Gasteiger partial charge in [-0.05, 0) is 32.9 Å². The molecule has 2 N–H and O–H groups in total. The van der Waals surface area contributed by atoms with Gasteiger partial charge in [0.2, 0.25) is 0 Å². The Bertz CT molecular complexity index is 176. The predicted molar refractivity (Wildman–Crippen MR) is 65.4 cm³/mol. The van der Waals surface area contributed by atoms with Gasteiger partial charge in [-0.3, -0.25) is 0 Å². The molecule has 1 fully saturated rings. The van der Waals surface area contributed by atoms with Crippen LogP contribution in [0.5, 0.6) is 0 Å². The second-order valence-electron chi connectivity index (χ2n) is 4.31. The van der Waals surface area contributed by atoms with Crippen molar-refractivity contribution in [1.82, 2.24) is 5.32 Å². The van der Waals surface area contributed by atoms with E-state index in [0.717, 1.165) is 19.4 Å². The van der Waals surface area contributed by atoms with Gasteiger partial charge in [-0.15, -0.1) is 0 Å². The van der Waals surface area contributed by atoms with Crippen LogP contribution >= 0.6 is 11.8 Å². The van der Waals surface area contributed by atoms with Crippen LogP contribution in [-0.4, -0.2) is 48.0 Å². The Morgan fingerprint density at radius 2 is 2.33 bits per heavy atom. The highest BCUT2D eigenvalue weighted by Crippen LogP contribution is 2.16. The molecule has 0 amide bonds. The van der Waals surface area contributed by atoms with Crippen molar-refractivity contribution in [2.45, 2.75) is 50.1 Å². The lowest BCUT2D eigenvalue weighted by molar-refractivity contribution is 0.0113. The number of thioether (sulfide) groups is 1. The highest BCUT2D eigenvalue weighted by atomic mass is 32.2. The van der Waals surface area contributed by atoms with Crippen LogP contribution in [0.3, 0.4) is 0 Å². The molecule has 15 heavy (non-hydrogen) atoms. The van der Waals surface area contributed by atoms with E-state index in [4.69, 9.17) is 4.74 Å². The molecular formula is C11H23NO2S. The van der Waals surface area contributed by atoms with Gasteiger partial charge in [0, 0.05) is 23.9 Å². The normalized spacial score (nSPS) is 31.2. The largest absolute Gasteiger partial charge is 0.395 e. The summed E-state index contributed by atoms with van der Waals surface area (Å²) in [5.74, 6) is 0. The fourth-order valence-electron chi connectivity index (χ4n) is 2.07. The van der Waals surface area contributed by atoms with Crippen molar-refractivity contribution in [1.29, 1.82) is 0 Å². The van der Waals surface area contributed by atoms with Crippen molar-refractivity contribution < 1.29 is 9.84 Å². The van der Waals surface area contributed by atoms with Crippen molar-refractivity contribution in [3.8, 4) is 0 Å². The molecule has 4 heteroatoms. The zero-order chi connectivity index (χ0) is 11.3. The van der Waals surface area contributed by atoms with Gasteiger partial charge in [0.1, 0.15) is 0 Å². The molecule has 0 aliphatic carbocycles. The van der Waals surface area contributed by atoms with Crippen molar-refractivity contribution in [3.05, 3.63) is 0 Å². The molecule has 1 saturated heterocycles. The average molecular weight is 233 g/mol. The van der Waals surface area contributed by atoms with E-state index in [-0.39, 0.29) is 6.61 Å². The van der Waals surface area contributed by atoms with Crippen LogP contribution in [0.15, 0.2) is 0 Å². The third-order valence-corrected chi connectivity index (χ3v) is 4.19. The fourth-order valence-corrected chi connectivity index (χ4v) is 2.70.